The monoisotopic (exact) mass is 342 g/mol. The van der Waals surface area contributed by atoms with Crippen molar-refractivity contribution in [2.24, 2.45) is 0 Å². The summed E-state index contributed by atoms with van der Waals surface area (Å²) >= 11 is 0. The van der Waals surface area contributed by atoms with Gasteiger partial charge in [0, 0.05) is 25.4 Å². The number of hydrogen-bond acceptors (Lipinski definition) is 6. The summed E-state index contributed by atoms with van der Waals surface area (Å²) in [7, 11) is 5.21. The number of para-hydroxylation sites is 1. The van der Waals surface area contributed by atoms with Crippen LogP contribution in [0.3, 0.4) is 0 Å². The summed E-state index contributed by atoms with van der Waals surface area (Å²) in [6, 6.07) is 8.36. The van der Waals surface area contributed by atoms with Crippen molar-refractivity contribution in [1.82, 2.24) is 14.9 Å². The molecule has 6 nitrogen and oxygen atoms in total. The Bertz CT molecular complexity index is 708. The third kappa shape index (κ3) is 3.85. The third-order valence-electron chi connectivity index (χ3n) is 4.71. The molecule has 1 aliphatic heterocycles. The Morgan fingerprint density at radius 3 is 2.84 bits per heavy atom. The molecule has 0 spiro atoms. The molecule has 0 radical (unpaired) electrons. The van der Waals surface area contributed by atoms with Gasteiger partial charge in [0.1, 0.15) is 0 Å². The summed E-state index contributed by atoms with van der Waals surface area (Å²) in [5.41, 5.74) is 2.21. The molecule has 1 atom stereocenters. The largest absolute Gasteiger partial charge is 0.493 e. The Morgan fingerprint density at radius 1 is 1.20 bits per heavy atom. The number of nitrogens with one attached hydrogen (secondary N) is 1. The van der Waals surface area contributed by atoms with Crippen molar-refractivity contribution < 1.29 is 9.47 Å². The number of anilines is 1. The van der Waals surface area contributed by atoms with Crippen LogP contribution in [0, 0.1) is 0 Å². The molecule has 0 amide bonds. The second-order valence-corrected chi connectivity index (χ2v) is 6.19. The van der Waals surface area contributed by atoms with Crippen LogP contribution in [0.4, 0.5) is 5.95 Å². The van der Waals surface area contributed by atoms with Crippen LogP contribution in [0.15, 0.2) is 30.5 Å². The quantitative estimate of drug-likeness (QED) is 0.869. The maximum atomic E-state index is 5.60. The van der Waals surface area contributed by atoms with Crippen LogP contribution in [0.2, 0.25) is 0 Å². The van der Waals surface area contributed by atoms with Gasteiger partial charge < -0.3 is 14.8 Å². The highest BCUT2D eigenvalue weighted by atomic mass is 16.5. The van der Waals surface area contributed by atoms with Gasteiger partial charge in [0.25, 0.3) is 0 Å². The van der Waals surface area contributed by atoms with E-state index in [9.17, 15) is 0 Å². The second-order valence-electron chi connectivity index (χ2n) is 6.19. The zero-order valence-electron chi connectivity index (χ0n) is 15.2. The molecule has 1 fully saturated rings. The van der Waals surface area contributed by atoms with Crippen molar-refractivity contribution in [3.8, 4) is 11.5 Å². The lowest BCUT2D eigenvalue weighted by Crippen LogP contribution is -2.33. The summed E-state index contributed by atoms with van der Waals surface area (Å²) in [6.45, 7) is 1.86. The number of rotatable bonds is 6. The molecule has 0 bridgehead atoms. The summed E-state index contributed by atoms with van der Waals surface area (Å²) in [6.07, 6.45) is 5.35. The Labute approximate surface area is 149 Å². The van der Waals surface area contributed by atoms with Crippen LogP contribution < -0.4 is 14.8 Å². The molecule has 1 saturated heterocycles. The number of ether oxygens (including phenoxy) is 2. The van der Waals surface area contributed by atoms with Gasteiger partial charge in [-0.25, -0.2) is 9.97 Å². The molecule has 134 valence electrons. The Hall–Kier alpha value is -2.34. The fourth-order valence-corrected chi connectivity index (χ4v) is 3.49. The molecule has 1 unspecified atom stereocenters. The van der Waals surface area contributed by atoms with Gasteiger partial charge in [-0.2, -0.15) is 0 Å². The Kier molecular flexibility index (Phi) is 5.71. The van der Waals surface area contributed by atoms with Gasteiger partial charge in [-0.3, -0.25) is 4.90 Å². The van der Waals surface area contributed by atoms with Crippen LogP contribution in [-0.4, -0.2) is 42.7 Å². The first-order valence-corrected chi connectivity index (χ1v) is 8.71. The number of piperidine rings is 1. The summed E-state index contributed by atoms with van der Waals surface area (Å²) in [5.74, 6) is 2.25. The molecule has 1 N–H and O–H groups in total. The number of methoxy groups -OCH3 is 2. The average Bonchev–Trinajstić information content (AvgIpc) is 2.68. The number of aromatic nitrogens is 2. The molecule has 6 heteroatoms. The first kappa shape index (κ1) is 17.5. The van der Waals surface area contributed by atoms with E-state index in [4.69, 9.17) is 9.47 Å². The van der Waals surface area contributed by atoms with Gasteiger partial charge in [-0.05, 0) is 31.5 Å². The predicted molar refractivity (Wildman–Crippen MR) is 98.1 cm³/mol. The SMILES string of the molecule is CNc1nccc(C2CCCCN2Cc2cccc(OC)c2OC)n1. The zero-order chi connectivity index (χ0) is 17.6. The molecule has 3 rings (SSSR count). The van der Waals surface area contributed by atoms with Gasteiger partial charge in [-0.15, -0.1) is 0 Å². The topological polar surface area (TPSA) is 59.5 Å². The standard InChI is InChI=1S/C19H26N4O2/c1-20-19-21-11-10-15(22-19)16-8-4-5-12-23(16)13-14-7-6-9-17(24-2)18(14)25-3/h6-7,9-11,16H,4-5,8,12-13H2,1-3H3,(H,20,21,22). The van der Waals surface area contributed by atoms with Crippen LogP contribution in [0.1, 0.15) is 36.6 Å². The van der Waals surface area contributed by atoms with Crippen molar-refractivity contribution >= 4 is 5.95 Å². The summed E-state index contributed by atoms with van der Waals surface area (Å²) < 4.78 is 11.0. The molecule has 25 heavy (non-hydrogen) atoms. The first-order chi connectivity index (χ1) is 12.3. The zero-order valence-corrected chi connectivity index (χ0v) is 15.2. The third-order valence-corrected chi connectivity index (χ3v) is 4.71. The van der Waals surface area contributed by atoms with Crippen LogP contribution in [0.25, 0.3) is 0 Å². The molecular formula is C19H26N4O2. The van der Waals surface area contributed by atoms with Crippen LogP contribution >= 0.6 is 0 Å². The summed E-state index contributed by atoms with van der Waals surface area (Å²) in [5, 5.41) is 3.03. The molecule has 0 saturated carbocycles. The number of hydrogen-bond donors (Lipinski definition) is 1. The van der Waals surface area contributed by atoms with Crippen LogP contribution in [0.5, 0.6) is 11.5 Å². The van der Waals surface area contributed by atoms with Crippen molar-refractivity contribution in [1.29, 1.82) is 0 Å². The molecule has 1 aliphatic rings. The van der Waals surface area contributed by atoms with Gasteiger partial charge >= 0.3 is 0 Å². The fourth-order valence-electron chi connectivity index (χ4n) is 3.49. The molecule has 1 aromatic carbocycles. The van der Waals surface area contributed by atoms with Gasteiger partial charge in [0.2, 0.25) is 5.95 Å². The predicted octanol–water partition coefficient (Wildman–Crippen LogP) is 3.26. The Balaban J connectivity index is 1.87. The number of nitrogens with zero attached hydrogens (tertiary/aromatic N) is 3. The van der Waals surface area contributed by atoms with E-state index in [-0.39, 0.29) is 0 Å². The van der Waals surface area contributed by atoms with Gasteiger partial charge in [0.15, 0.2) is 11.5 Å². The number of benzene rings is 1. The highest BCUT2D eigenvalue weighted by Crippen LogP contribution is 2.36. The van der Waals surface area contributed by atoms with E-state index in [1.165, 1.54) is 12.8 Å². The lowest BCUT2D eigenvalue weighted by Gasteiger charge is -2.35. The normalized spacial score (nSPS) is 18.0. The molecule has 2 aromatic rings. The van der Waals surface area contributed by atoms with E-state index in [0.717, 1.165) is 42.3 Å². The van der Waals surface area contributed by atoms with Crippen molar-refractivity contribution in [2.75, 3.05) is 33.1 Å². The van der Waals surface area contributed by atoms with Gasteiger partial charge in [-0.1, -0.05) is 18.6 Å². The average molecular weight is 342 g/mol. The maximum absolute atomic E-state index is 5.60. The fraction of sp³-hybridized carbons (Fsp3) is 0.474. The summed E-state index contributed by atoms with van der Waals surface area (Å²) in [4.78, 5) is 11.4. The molecule has 2 heterocycles. The lowest BCUT2D eigenvalue weighted by atomic mass is 9.98. The minimum Gasteiger partial charge on any atom is -0.493 e. The maximum Gasteiger partial charge on any atom is 0.222 e. The van der Waals surface area contributed by atoms with Crippen molar-refractivity contribution in [3.63, 3.8) is 0 Å². The molecular weight excluding hydrogens is 316 g/mol. The highest BCUT2D eigenvalue weighted by Gasteiger charge is 2.26. The molecule has 1 aromatic heterocycles. The second kappa shape index (κ2) is 8.16. The number of likely N-dealkylation sites (tertiary alicyclic amines) is 1. The smallest absolute Gasteiger partial charge is 0.222 e. The van der Waals surface area contributed by atoms with Gasteiger partial charge in [0.05, 0.1) is 26.0 Å². The minimum absolute atomic E-state index is 0.291. The van der Waals surface area contributed by atoms with E-state index in [2.05, 4.69) is 26.3 Å². The highest BCUT2D eigenvalue weighted by molar-refractivity contribution is 5.46. The van der Waals surface area contributed by atoms with E-state index < -0.39 is 0 Å². The van der Waals surface area contributed by atoms with Crippen LogP contribution in [-0.2, 0) is 6.54 Å². The van der Waals surface area contributed by atoms with E-state index in [0.29, 0.717) is 12.0 Å². The lowest BCUT2D eigenvalue weighted by molar-refractivity contribution is 0.135. The van der Waals surface area contributed by atoms with Crippen molar-refractivity contribution in [2.45, 2.75) is 31.8 Å². The van der Waals surface area contributed by atoms with E-state index in [1.807, 2.05) is 31.4 Å². The molecule has 0 aliphatic carbocycles. The first-order valence-electron chi connectivity index (χ1n) is 8.71. The van der Waals surface area contributed by atoms with Crippen molar-refractivity contribution in [3.05, 3.63) is 41.7 Å². The minimum atomic E-state index is 0.291. The van der Waals surface area contributed by atoms with E-state index >= 15 is 0 Å². The Morgan fingerprint density at radius 2 is 2.08 bits per heavy atom. The van der Waals surface area contributed by atoms with E-state index in [1.54, 1.807) is 14.2 Å².